The lowest BCUT2D eigenvalue weighted by atomic mass is 9.79. The highest BCUT2D eigenvalue weighted by Gasteiger charge is 2.43. The summed E-state index contributed by atoms with van der Waals surface area (Å²) in [6, 6.07) is 6.62. The zero-order chi connectivity index (χ0) is 28.7. The van der Waals surface area contributed by atoms with Crippen LogP contribution in [0.1, 0.15) is 61.4 Å². The van der Waals surface area contributed by atoms with Crippen molar-refractivity contribution < 1.29 is 22.8 Å². The number of anilines is 3. The second-order valence-electron chi connectivity index (χ2n) is 11.7. The van der Waals surface area contributed by atoms with Crippen LogP contribution < -0.4 is 16.0 Å². The molecule has 1 saturated heterocycles. The third-order valence-electron chi connectivity index (χ3n) is 8.31. The predicted octanol–water partition coefficient (Wildman–Crippen LogP) is 4.26. The smallest absolute Gasteiger partial charge is 0.367 e. The quantitative estimate of drug-likeness (QED) is 0.444. The number of carbonyl (C=O) groups excluding carboxylic acids is 2. The van der Waals surface area contributed by atoms with Crippen molar-refractivity contribution in [3.05, 3.63) is 41.6 Å². The summed E-state index contributed by atoms with van der Waals surface area (Å²) < 4.78 is 41.0. The van der Waals surface area contributed by atoms with Crippen molar-refractivity contribution in [1.29, 1.82) is 0 Å². The average molecular weight is 560 g/mol. The first-order valence-electron chi connectivity index (χ1n) is 13.8. The minimum absolute atomic E-state index is 0.00621. The van der Waals surface area contributed by atoms with Crippen LogP contribution in [0.2, 0.25) is 0 Å². The molecule has 3 fully saturated rings. The zero-order valence-electron chi connectivity index (χ0n) is 23.0. The first-order chi connectivity index (χ1) is 18.9. The van der Waals surface area contributed by atoms with Crippen LogP contribution in [0.4, 0.5) is 30.6 Å². The fourth-order valence-electron chi connectivity index (χ4n) is 5.19. The Morgan fingerprint density at radius 2 is 1.75 bits per heavy atom. The van der Waals surface area contributed by atoms with Crippen molar-refractivity contribution in [3.8, 4) is 0 Å². The zero-order valence-corrected chi connectivity index (χ0v) is 23.0. The van der Waals surface area contributed by atoms with Crippen molar-refractivity contribution >= 4 is 29.3 Å². The Morgan fingerprint density at radius 1 is 1.10 bits per heavy atom. The Labute approximate surface area is 231 Å². The Hall–Kier alpha value is -3.41. The summed E-state index contributed by atoms with van der Waals surface area (Å²) in [4.78, 5) is 37.4. The molecule has 0 atom stereocenters. The molecule has 2 heterocycles. The van der Waals surface area contributed by atoms with Gasteiger partial charge in [-0.1, -0.05) is 0 Å². The lowest BCUT2D eigenvalue weighted by molar-refractivity contribution is -0.137. The highest BCUT2D eigenvalue weighted by molar-refractivity contribution is 5.94. The van der Waals surface area contributed by atoms with Crippen molar-refractivity contribution in [2.24, 2.45) is 5.92 Å². The molecule has 1 aromatic heterocycles. The van der Waals surface area contributed by atoms with Crippen LogP contribution in [0.3, 0.4) is 0 Å². The summed E-state index contributed by atoms with van der Waals surface area (Å²) in [5.41, 5.74) is -0.0187. The van der Waals surface area contributed by atoms with Gasteiger partial charge in [0.2, 0.25) is 11.9 Å². The van der Waals surface area contributed by atoms with E-state index in [0.717, 1.165) is 45.0 Å². The summed E-state index contributed by atoms with van der Waals surface area (Å²) >= 11 is 0. The molecule has 9 nitrogen and oxygen atoms in total. The Morgan fingerprint density at radius 3 is 2.35 bits per heavy atom. The van der Waals surface area contributed by atoms with E-state index in [1.165, 1.54) is 0 Å². The van der Waals surface area contributed by atoms with Gasteiger partial charge < -0.3 is 25.8 Å². The van der Waals surface area contributed by atoms with Gasteiger partial charge in [-0.3, -0.25) is 9.59 Å². The lowest BCUT2D eigenvalue weighted by Crippen LogP contribution is -2.47. The average Bonchev–Trinajstić information content (AvgIpc) is 3.61. The number of alkyl halides is 3. The molecule has 0 spiro atoms. The number of rotatable bonds is 8. The molecule has 3 N–H and O–H groups in total. The number of hydrogen-bond acceptors (Lipinski definition) is 7. The number of hydrogen-bond donors (Lipinski definition) is 3. The van der Waals surface area contributed by atoms with Crippen LogP contribution in [-0.2, 0) is 11.0 Å². The molecule has 0 unspecified atom stereocenters. The van der Waals surface area contributed by atoms with Gasteiger partial charge in [-0.2, -0.15) is 18.2 Å². The maximum atomic E-state index is 13.7. The summed E-state index contributed by atoms with van der Waals surface area (Å²) in [7, 11) is 3.89. The topological polar surface area (TPSA) is 102 Å². The van der Waals surface area contributed by atoms with E-state index < -0.39 is 11.7 Å². The van der Waals surface area contributed by atoms with E-state index in [9.17, 15) is 22.8 Å². The molecule has 1 aromatic carbocycles. The summed E-state index contributed by atoms with van der Waals surface area (Å²) in [5.74, 6) is -0.665. The summed E-state index contributed by atoms with van der Waals surface area (Å²) in [6.45, 7) is 3.89. The third kappa shape index (κ3) is 6.48. The summed E-state index contributed by atoms with van der Waals surface area (Å²) in [5, 5.41) is 8.82. The second-order valence-corrected chi connectivity index (χ2v) is 11.7. The Bertz CT molecular complexity index is 1240. The lowest BCUT2D eigenvalue weighted by Gasteiger charge is -2.36. The van der Waals surface area contributed by atoms with E-state index in [-0.39, 0.29) is 47.1 Å². The van der Waals surface area contributed by atoms with Gasteiger partial charge in [0.15, 0.2) is 0 Å². The molecule has 12 heteroatoms. The molecular weight excluding hydrogens is 523 g/mol. The molecule has 3 aliphatic rings. The minimum atomic E-state index is -4.64. The van der Waals surface area contributed by atoms with Crippen LogP contribution in [0, 0.1) is 5.92 Å². The van der Waals surface area contributed by atoms with Gasteiger partial charge in [0, 0.05) is 48.0 Å². The first-order valence-corrected chi connectivity index (χ1v) is 13.8. The normalized spacial score (nSPS) is 22.6. The maximum absolute atomic E-state index is 13.7. The number of halogens is 3. The highest BCUT2D eigenvalue weighted by Crippen LogP contribution is 2.39. The molecule has 1 aliphatic heterocycles. The van der Waals surface area contributed by atoms with Gasteiger partial charge in [0.1, 0.15) is 11.4 Å². The number of nitrogens with one attached hydrogen (secondary N) is 3. The molecule has 2 aliphatic carbocycles. The molecule has 2 aromatic rings. The number of aromatic nitrogens is 2. The molecular formula is C28H36F3N7O2. The number of benzene rings is 1. The van der Waals surface area contributed by atoms with E-state index in [2.05, 4.69) is 37.9 Å². The SMILES string of the molecule is CN1CCC(N(C)C(=O)c2ccc(Nc3ncc(C(F)(F)F)c(N[C@H]4C[C@@H](C(=O)NC5(C)CC5)C4)n3)cc2)CC1. The maximum Gasteiger partial charge on any atom is 0.421 e. The van der Waals surface area contributed by atoms with Crippen molar-refractivity contribution in [2.75, 3.05) is 37.8 Å². The molecule has 216 valence electrons. The van der Waals surface area contributed by atoms with Gasteiger partial charge in [-0.25, -0.2) is 4.98 Å². The first kappa shape index (κ1) is 28.1. The number of carbonyl (C=O) groups is 2. The van der Waals surface area contributed by atoms with Gasteiger partial charge in [0.25, 0.3) is 5.91 Å². The Kier molecular flexibility index (Phi) is 7.64. The standard InChI is InChI=1S/C28H36F3N7O2/c1-27(10-11-27)36-24(39)18-14-20(15-18)33-23-22(28(29,30)31)16-32-26(35-23)34-19-6-4-17(5-7-19)25(40)38(3)21-8-12-37(2)13-9-21/h4-7,16,18,20-21H,8-15H2,1-3H3,(H,36,39)(H2,32,33,34,35)/t18-,20+. The van der Waals surface area contributed by atoms with Gasteiger partial charge >= 0.3 is 6.18 Å². The largest absolute Gasteiger partial charge is 0.421 e. The predicted molar refractivity (Wildman–Crippen MR) is 145 cm³/mol. The molecule has 0 radical (unpaired) electrons. The van der Waals surface area contributed by atoms with Crippen molar-refractivity contribution in [3.63, 3.8) is 0 Å². The van der Waals surface area contributed by atoms with Crippen LogP contribution >= 0.6 is 0 Å². The summed E-state index contributed by atoms with van der Waals surface area (Å²) in [6.07, 6.45) is 0.747. The highest BCUT2D eigenvalue weighted by atomic mass is 19.4. The molecule has 2 saturated carbocycles. The van der Waals surface area contributed by atoms with Gasteiger partial charge in [0.05, 0.1) is 0 Å². The number of piperidine rings is 1. The number of amides is 2. The molecule has 40 heavy (non-hydrogen) atoms. The number of nitrogens with zero attached hydrogens (tertiary/aromatic N) is 4. The second kappa shape index (κ2) is 10.9. The van der Waals surface area contributed by atoms with Gasteiger partial charge in [-0.05, 0) is 89.9 Å². The van der Waals surface area contributed by atoms with E-state index in [4.69, 9.17) is 0 Å². The van der Waals surface area contributed by atoms with E-state index in [1.807, 2.05) is 14.0 Å². The third-order valence-corrected chi connectivity index (χ3v) is 8.31. The van der Waals surface area contributed by atoms with Crippen molar-refractivity contribution in [2.45, 2.75) is 69.2 Å². The monoisotopic (exact) mass is 559 g/mol. The molecule has 2 amide bonds. The van der Waals surface area contributed by atoms with Gasteiger partial charge in [-0.15, -0.1) is 0 Å². The van der Waals surface area contributed by atoms with E-state index in [1.54, 1.807) is 29.2 Å². The molecule has 5 rings (SSSR count). The van der Waals surface area contributed by atoms with Crippen LogP contribution in [0.25, 0.3) is 0 Å². The Balaban J connectivity index is 1.21. The minimum Gasteiger partial charge on any atom is -0.367 e. The van der Waals surface area contributed by atoms with E-state index >= 15 is 0 Å². The van der Waals surface area contributed by atoms with Crippen LogP contribution in [0.5, 0.6) is 0 Å². The van der Waals surface area contributed by atoms with Crippen molar-refractivity contribution in [1.82, 2.24) is 25.1 Å². The van der Waals surface area contributed by atoms with Crippen LogP contribution in [0.15, 0.2) is 30.5 Å². The van der Waals surface area contributed by atoms with E-state index in [0.29, 0.717) is 24.1 Å². The number of likely N-dealkylation sites (tertiary alicyclic amines) is 1. The fraction of sp³-hybridized carbons (Fsp3) is 0.571. The van der Waals surface area contributed by atoms with Crippen LogP contribution in [-0.4, -0.2) is 76.4 Å². The fourth-order valence-corrected chi connectivity index (χ4v) is 5.19. The molecule has 0 bridgehead atoms.